The highest BCUT2D eigenvalue weighted by Gasteiger charge is 2.11. The summed E-state index contributed by atoms with van der Waals surface area (Å²) in [5.74, 6) is -0.465. The van der Waals surface area contributed by atoms with Crippen LogP contribution in [0, 0.1) is 12.7 Å². The van der Waals surface area contributed by atoms with E-state index in [4.69, 9.17) is 11.6 Å². The molecule has 0 bridgehead atoms. The Kier molecular flexibility index (Phi) is 4.20. The minimum absolute atomic E-state index is 0.125. The van der Waals surface area contributed by atoms with Crippen LogP contribution in [0.5, 0.6) is 0 Å². The summed E-state index contributed by atoms with van der Waals surface area (Å²) in [6.45, 7) is 1.77. The van der Waals surface area contributed by atoms with Gasteiger partial charge in [0.1, 0.15) is 16.8 Å². The Morgan fingerprint density at radius 2 is 2.05 bits per heavy atom. The highest BCUT2D eigenvalue weighted by Crippen LogP contribution is 2.19. The van der Waals surface area contributed by atoms with E-state index in [9.17, 15) is 9.18 Å². The number of carbonyl (C=O) groups is 1. The van der Waals surface area contributed by atoms with Crippen molar-refractivity contribution in [2.45, 2.75) is 6.92 Å². The van der Waals surface area contributed by atoms with Crippen molar-refractivity contribution in [3.63, 3.8) is 0 Å². The Balaban J connectivity index is 2.26. The van der Waals surface area contributed by atoms with Crippen molar-refractivity contribution in [1.82, 2.24) is 4.98 Å². The summed E-state index contributed by atoms with van der Waals surface area (Å²) >= 11 is 5.82. The van der Waals surface area contributed by atoms with Crippen LogP contribution < -0.4 is 10.6 Å². The molecule has 0 aliphatic carbocycles. The predicted molar refractivity (Wildman–Crippen MR) is 77.9 cm³/mol. The molecule has 0 atom stereocenters. The quantitative estimate of drug-likeness (QED) is 0.852. The van der Waals surface area contributed by atoms with Gasteiger partial charge in [-0.1, -0.05) is 17.7 Å². The molecule has 4 nitrogen and oxygen atoms in total. The molecule has 0 saturated heterocycles. The van der Waals surface area contributed by atoms with Gasteiger partial charge in [0.05, 0.1) is 5.69 Å². The van der Waals surface area contributed by atoms with Gasteiger partial charge in [0.25, 0.3) is 5.91 Å². The molecule has 20 heavy (non-hydrogen) atoms. The number of aromatic nitrogens is 1. The maximum absolute atomic E-state index is 13.7. The van der Waals surface area contributed by atoms with Gasteiger partial charge in [0.2, 0.25) is 0 Å². The molecule has 0 unspecified atom stereocenters. The summed E-state index contributed by atoms with van der Waals surface area (Å²) < 4.78 is 13.7. The number of halogens is 2. The van der Waals surface area contributed by atoms with E-state index < -0.39 is 11.7 Å². The Labute approximate surface area is 121 Å². The maximum Gasteiger partial charge on any atom is 0.255 e. The number of hydrogen-bond donors (Lipinski definition) is 2. The first kappa shape index (κ1) is 14.3. The molecule has 6 heteroatoms. The summed E-state index contributed by atoms with van der Waals surface area (Å²) in [4.78, 5) is 16.1. The number of benzene rings is 1. The molecule has 0 radical (unpaired) electrons. The normalized spacial score (nSPS) is 10.2. The Morgan fingerprint density at radius 3 is 2.70 bits per heavy atom. The molecule has 0 aliphatic rings. The van der Waals surface area contributed by atoms with Gasteiger partial charge in [-0.15, -0.1) is 0 Å². The molecule has 0 aliphatic heterocycles. The third-order valence-corrected chi connectivity index (χ3v) is 2.88. The molecule has 1 amide bonds. The summed E-state index contributed by atoms with van der Waals surface area (Å²) in [6.07, 6.45) is 0. The van der Waals surface area contributed by atoms with E-state index in [-0.39, 0.29) is 10.8 Å². The summed E-state index contributed by atoms with van der Waals surface area (Å²) in [5.41, 5.74) is 1.21. The number of hydrogen-bond acceptors (Lipinski definition) is 3. The van der Waals surface area contributed by atoms with Crippen LogP contribution in [0.15, 0.2) is 30.3 Å². The van der Waals surface area contributed by atoms with Crippen LogP contribution in [0.1, 0.15) is 15.9 Å². The standard InChI is InChI=1S/C14H13ClFN3O/c1-8-3-4-11(10(16)5-8)18-14(20)9-6-12(15)19-13(7-9)17-2/h3-7H,1-2H3,(H,17,19)(H,18,20). The fourth-order valence-corrected chi connectivity index (χ4v) is 1.88. The lowest BCUT2D eigenvalue weighted by atomic mass is 10.2. The molecule has 1 aromatic carbocycles. The minimum Gasteiger partial charge on any atom is -0.373 e. The number of amides is 1. The third-order valence-electron chi connectivity index (χ3n) is 2.69. The van der Waals surface area contributed by atoms with Gasteiger partial charge in [-0.2, -0.15) is 0 Å². The van der Waals surface area contributed by atoms with Gasteiger partial charge >= 0.3 is 0 Å². The van der Waals surface area contributed by atoms with Crippen LogP contribution in [-0.4, -0.2) is 17.9 Å². The molecule has 0 spiro atoms. The van der Waals surface area contributed by atoms with Crippen molar-refractivity contribution in [1.29, 1.82) is 0 Å². The average molecular weight is 294 g/mol. The fraction of sp³-hybridized carbons (Fsp3) is 0.143. The molecule has 1 aromatic heterocycles. The second-order valence-electron chi connectivity index (χ2n) is 4.25. The smallest absolute Gasteiger partial charge is 0.255 e. The molecule has 1 heterocycles. The van der Waals surface area contributed by atoms with Crippen molar-refractivity contribution in [2.75, 3.05) is 17.7 Å². The number of nitrogens with zero attached hydrogens (tertiary/aromatic N) is 1. The van der Waals surface area contributed by atoms with Crippen LogP contribution in [0.3, 0.4) is 0 Å². The highest BCUT2D eigenvalue weighted by molar-refractivity contribution is 6.30. The van der Waals surface area contributed by atoms with E-state index in [0.29, 0.717) is 11.4 Å². The lowest BCUT2D eigenvalue weighted by Gasteiger charge is -2.08. The monoisotopic (exact) mass is 293 g/mol. The summed E-state index contributed by atoms with van der Waals surface area (Å²) in [7, 11) is 1.67. The van der Waals surface area contributed by atoms with Crippen LogP contribution in [0.4, 0.5) is 15.9 Å². The van der Waals surface area contributed by atoms with E-state index in [0.717, 1.165) is 5.56 Å². The Bertz CT molecular complexity index is 661. The van der Waals surface area contributed by atoms with E-state index in [1.165, 1.54) is 24.3 Å². The summed E-state index contributed by atoms with van der Waals surface area (Å²) in [6, 6.07) is 7.55. The van der Waals surface area contributed by atoms with Crippen LogP contribution in [-0.2, 0) is 0 Å². The van der Waals surface area contributed by atoms with Gasteiger partial charge in [-0.3, -0.25) is 4.79 Å². The molecule has 2 N–H and O–H groups in total. The van der Waals surface area contributed by atoms with Crippen LogP contribution in [0.2, 0.25) is 5.15 Å². The van der Waals surface area contributed by atoms with E-state index in [1.54, 1.807) is 20.0 Å². The number of pyridine rings is 1. The Morgan fingerprint density at radius 1 is 1.30 bits per heavy atom. The number of carbonyl (C=O) groups excluding carboxylic acids is 1. The summed E-state index contributed by atoms with van der Waals surface area (Å²) in [5, 5.41) is 5.49. The van der Waals surface area contributed by atoms with Crippen LogP contribution in [0.25, 0.3) is 0 Å². The molecular weight excluding hydrogens is 281 g/mol. The highest BCUT2D eigenvalue weighted by atomic mass is 35.5. The molecular formula is C14H13ClFN3O. The van der Waals surface area contributed by atoms with Crippen molar-refractivity contribution in [3.8, 4) is 0 Å². The second kappa shape index (κ2) is 5.88. The molecule has 0 saturated carbocycles. The first-order valence-corrected chi connectivity index (χ1v) is 6.30. The third kappa shape index (κ3) is 3.24. The number of aryl methyl sites for hydroxylation is 1. The second-order valence-corrected chi connectivity index (χ2v) is 4.64. The fourth-order valence-electron chi connectivity index (χ4n) is 1.67. The van der Waals surface area contributed by atoms with Gasteiger partial charge in [0, 0.05) is 12.6 Å². The van der Waals surface area contributed by atoms with E-state index in [1.807, 2.05) is 0 Å². The average Bonchev–Trinajstić information content (AvgIpc) is 2.41. The zero-order valence-corrected chi connectivity index (χ0v) is 11.8. The zero-order valence-electron chi connectivity index (χ0n) is 11.0. The molecule has 0 fully saturated rings. The maximum atomic E-state index is 13.7. The van der Waals surface area contributed by atoms with Crippen LogP contribution >= 0.6 is 11.6 Å². The van der Waals surface area contributed by atoms with Crippen molar-refractivity contribution >= 4 is 29.0 Å². The predicted octanol–water partition coefficient (Wildman–Crippen LogP) is 3.48. The molecule has 104 valence electrons. The Hall–Kier alpha value is -2.14. The lowest BCUT2D eigenvalue weighted by Crippen LogP contribution is -2.13. The van der Waals surface area contributed by atoms with Crippen molar-refractivity contribution in [2.24, 2.45) is 0 Å². The molecule has 2 aromatic rings. The van der Waals surface area contributed by atoms with Crippen molar-refractivity contribution < 1.29 is 9.18 Å². The SMILES string of the molecule is CNc1cc(C(=O)Nc2ccc(C)cc2F)cc(Cl)n1. The van der Waals surface area contributed by atoms with Gasteiger partial charge in [0.15, 0.2) is 0 Å². The minimum atomic E-state index is -0.479. The number of rotatable bonds is 3. The van der Waals surface area contributed by atoms with Crippen molar-refractivity contribution in [3.05, 3.63) is 52.4 Å². The van der Waals surface area contributed by atoms with Gasteiger partial charge in [-0.25, -0.2) is 9.37 Å². The largest absolute Gasteiger partial charge is 0.373 e. The first-order chi connectivity index (χ1) is 9.49. The topological polar surface area (TPSA) is 54.0 Å². The molecule has 2 rings (SSSR count). The van der Waals surface area contributed by atoms with Gasteiger partial charge in [-0.05, 0) is 36.8 Å². The lowest BCUT2D eigenvalue weighted by molar-refractivity contribution is 0.102. The first-order valence-electron chi connectivity index (χ1n) is 5.92. The number of nitrogens with one attached hydrogen (secondary N) is 2. The van der Waals surface area contributed by atoms with Gasteiger partial charge < -0.3 is 10.6 Å². The zero-order chi connectivity index (χ0) is 14.7. The van der Waals surface area contributed by atoms with E-state index in [2.05, 4.69) is 15.6 Å². The van der Waals surface area contributed by atoms with E-state index >= 15 is 0 Å². The number of anilines is 2.